The number of nitrogens with one attached hydrogen (secondary N) is 1. The van der Waals surface area contributed by atoms with Gasteiger partial charge in [-0.3, -0.25) is 9.48 Å². The second-order valence-corrected chi connectivity index (χ2v) is 8.15. The number of ether oxygens (including phenoxy) is 1. The molecule has 1 N–H and O–H groups in total. The molecule has 0 spiro atoms. The van der Waals surface area contributed by atoms with Crippen LogP contribution in [0.25, 0.3) is 0 Å². The number of aromatic nitrogens is 2. The highest BCUT2D eigenvalue weighted by Crippen LogP contribution is 2.22. The summed E-state index contributed by atoms with van der Waals surface area (Å²) in [5.74, 6) is 0.508. The molecule has 2 atom stereocenters. The lowest BCUT2D eigenvalue weighted by Crippen LogP contribution is -2.37. The smallest absolute Gasteiger partial charge is 0.261 e. The van der Waals surface area contributed by atoms with E-state index in [2.05, 4.69) is 47.1 Å². The normalized spacial score (nSPS) is 14.0. The lowest BCUT2D eigenvalue weighted by Gasteiger charge is -2.20. The van der Waals surface area contributed by atoms with Crippen molar-refractivity contribution in [1.29, 1.82) is 0 Å². The van der Waals surface area contributed by atoms with Crippen molar-refractivity contribution in [2.24, 2.45) is 0 Å². The number of amides is 1. The molecule has 2 rings (SSSR count). The fourth-order valence-electron chi connectivity index (χ4n) is 2.42. The topological polar surface area (TPSA) is 56.2 Å². The molecular weight excluding hydrogens is 382 g/mol. The number of aryl methyl sites for hydroxylation is 1. The van der Waals surface area contributed by atoms with Gasteiger partial charge in [-0.05, 0) is 65.8 Å². The Bertz CT molecular complexity index is 732. The van der Waals surface area contributed by atoms with Crippen LogP contribution in [0.5, 0.6) is 5.75 Å². The van der Waals surface area contributed by atoms with Crippen molar-refractivity contribution in [3.05, 3.63) is 46.2 Å². The fourth-order valence-corrected chi connectivity index (χ4v) is 2.69. The van der Waals surface area contributed by atoms with Gasteiger partial charge < -0.3 is 10.1 Å². The first kappa shape index (κ1) is 19.5. The van der Waals surface area contributed by atoms with E-state index in [0.717, 1.165) is 15.7 Å². The van der Waals surface area contributed by atoms with Crippen LogP contribution in [0.15, 0.2) is 34.9 Å². The third kappa shape index (κ3) is 5.08. The fraction of sp³-hybridized carbons (Fsp3) is 0.474. The molecule has 0 aliphatic carbocycles. The number of hydrogen-bond acceptors (Lipinski definition) is 3. The molecule has 0 aliphatic rings. The molecule has 0 saturated carbocycles. The maximum absolute atomic E-state index is 12.4. The monoisotopic (exact) mass is 407 g/mol. The number of benzene rings is 1. The summed E-state index contributed by atoms with van der Waals surface area (Å²) in [4.78, 5) is 12.4. The van der Waals surface area contributed by atoms with Crippen molar-refractivity contribution in [2.75, 3.05) is 0 Å². The molecule has 1 amide bonds. The van der Waals surface area contributed by atoms with Gasteiger partial charge in [-0.2, -0.15) is 5.10 Å². The van der Waals surface area contributed by atoms with Crippen molar-refractivity contribution in [1.82, 2.24) is 15.1 Å². The number of carbonyl (C=O) groups excluding carboxylic acids is 1. The lowest BCUT2D eigenvalue weighted by molar-refractivity contribution is -0.127. The third-order valence-electron chi connectivity index (χ3n) is 3.95. The molecule has 0 bridgehead atoms. The Balaban J connectivity index is 2.02. The molecule has 5 nitrogen and oxygen atoms in total. The number of halogens is 1. The van der Waals surface area contributed by atoms with E-state index >= 15 is 0 Å². The molecule has 1 heterocycles. The molecule has 0 saturated heterocycles. The van der Waals surface area contributed by atoms with Gasteiger partial charge in [0.1, 0.15) is 5.75 Å². The summed E-state index contributed by atoms with van der Waals surface area (Å²) in [6.07, 6.45) is 1.42. The first-order valence-electron chi connectivity index (χ1n) is 8.37. The minimum atomic E-state index is -0.582. The van der Waals surface area contributed by atoms with Gasteiger partial charge in [0.05, 0.1) is 17.3 Å². The molecule has 1 aromatic carbocycles. The van der Waals surface area contributed by atoms with E-state index < -0.39 is 6.10 Å². The molecule has 136 valence electrons. The maximum atomic E-state index is 12.4. The Hall–Kier alpha value is -1.82. The van der Waals surface area contributed by atoms with Crippen molar-refractivity contribution in [3.8, 4) is 5.75 Å². The van der Waals surface area contributed by atoms with Crippen molar-refractivity contribution < 1.29 is 9.53 Å². The Morgan fingerprint density at radius 2 is 1.84 bits per heavy atom. The Morgan fingerprint density at radius 1 is 1.24 bits per heavy atom. The predicted octanol–water partition coefficient (Wildman–Crippen LogP) is 4.35. The van der Waals surface area contributed by atoms with Crippen LogP contribution < -0.4 is 10.1 Å². The lowest BCUT2D eigenvalue weighted by atomic mass is 10.1. The molecule has 1 aromatic heterocycles. The summed E-state index contributed by atoms with van der Waals surface area (Å²) in [6.45, 7) is 12.0. The van der Waals surface area contributed by atoms with Crippen LogP contribution in [0, 0.1) is 6.92 Å². The number of nitrogens with zero attached hydrogens (tertiary/aromatic N) is 2. The largest absolute Gasteiger partial charge is 0.481 e. The number of rotatable bonds is 5. The van der Waals surface area contributed by atoms with Gasteiger partial charge in [-0.1, -0.05) is 15.9 Å². The second-order valence-electron chi connectivity index (χ2n) is 7.23. The molecular formula is C19H26BrN3O2. The average Bonchev–Trinajstić information content (AvgIpc) is 2.91. The SMILES string of the molecule is Cc1nn(C(C)(C)C)cc1[C@@H](C)NC(=O)[C@@H](C)Oc1ccc(Br)cc1. The van der Waals surface area contributed by atoms with Crippen LogP contribution in [0.1, 0.15) is 51.9 Å². The van der Waals surface area contributed by atoms with E-state index in [1.165, 1.54) is 0 Å². The van der Waals surface area contributed by atoms with Crippen LogP contribution >= 0.6 is 15.9 Å². The summed E-state index contributed by atoms with van der Waals surface area (Å²) >= 11 is 3.38. The number of carbonyl (C=O) groups is 1. The highest BCUT2D eigenvalue weighted by Gasteiger charge is 2.22. The van der Waals surface area contributed by atoms with E-state index in [1.54, 1.807) is 6.92 Å². The molecule has 0 fully saturated rings. The second kappa shape index (κ2) is 7.60. The third-order valence-corrected chi connectivity index (χ3v) is 4.47. The molecule has 2 aromatic rings. The van der Waals surface area contributed by atoms with Crippen molar-refractivity contribution >= 4 is 21.8 Å². The summed E-state index contributed by atoms with van der Waals surface area (Å²) in [6, 6.07) is 7.28. The summed E-state index contributed by atoms with van der Waals surface area (Å²) < 4.78 is 8.61. The standard InChI is InChI=1S/C19H26BrN3O2/c1-12(17-11-23(19(4,5)6)22-13(17)2)21-18(24)14(3)25-16-9-7-15(20)8-10-16/h7-12,14H,1-6H3,(H,21,24)/t12-,14-/m1/s1. The van der Waals surface area contributed by atoms with Crippen LogP contribution in [0.2, 0.25) is 0 Å². The zero-order valence-electron chi connectivity index (χ0n) is 15.6. The highest BCUT2D eigenvalue weighted by molar-refractivity contribution is 9.10. The first-order chi connectivity index (χ1) is 11.6. The quantitative estimate of drug-likeness (QED) is 0.800. The zero-order valence-corrected chi connectivity index (χ0v) is 17.2. The van der Waals surface area contributed by atoms with Crippen LogP contribution in [-0.2, 0) is 10.3 Å². The van der Waals surface area contributed by atoms with Crippen molar-refractivity contribution in [2.45, 2.75) is 59.2 Å². The van der Waals surface area contributed by atoms with Gasteiger partial charge in [-0.15, -0.1) is 0 Å². The van der Waals surface area contributed by atoms with Crippen LogP contribution in [0.4, 0.5) is 0 Å². The predicted molar refractivity (Wildman–Crippen MR) is 103 cm³/mol. The Morgan fingerprint density at radius 3 is 2.36 bits per heavy atom. The zero-order chi connectivity index (χ0) is 18.8. The van der Waals surface area contributed by atoms with E-state index in [-0.39, 0.29) is 17.5 Å². The van der Waals surface area contributed by atoms with E-state index in [0.29, 0.717) is 5.75 Å². The van der Waals surface area contributed by atoms with E-state index in [9.17, 15) is 4.79 Å². The maximum Gasteiger partial charge on any atom is 0.261 e. The minimum Gasteiger partial charge on any atom is -0.481 e. The molecule has 0 aliphatic heterocycles. The van der Waals surface area contributed by atoms with Gasteiger partial charge in [0.15, 0.2) is 6.10 Å². The van der Waals surface area contributed by atoms with Gasteiger partial charge in [0, 0.05) is 16.2 Å². The van der Waals surface area contributed by atoms with Gasteiger partial charge in [0.2, 0.25) is 0 Å². The summed E-state index contributed by atoms with van der Waals surface area (Å²) in [5.41, 5.74) is 1.84. The van der Waals surface area contributed by atoms with E-state index in [1.807, 2.05) is 49.0 Å². The molecule has 0 radical (unpaired) electrons. The molecule has 6 heteroatoms. The van der Waals surface area contributed by atoms with Gasteiger partial charge in [0.25, 0.3) is 5.91 Å². The minimum absolute atomic E-state index is 0.0925. The average molecular weight is 408 g/mol. The Labute approximate surface area is 157 Å². The highest BCUT2D eigenvalue weighted by atomic mass is 79.9. The Kier molecular flexibility index (Phi) is 5.93. The first-order valence-corrected chi connectivity index (χ1v) is 9.16. The van der Waals surface area contributed by atoms with Crippen molar-refractivity contribution in [3.63, 3.8) is 0 Å². The van der Waals surface area contributed by atoms with Crippen LogP contribution in [0.3, 0.4) is 0 Å². The van der Waals surface area contributed by atoms with Gasteiger partial charge >= 0.3 is 0 Å². The van der Waals surface area contributed by atoms with Crippen LogP contribution in [-0.4, -0.2) is 21.8 Å². The van der Waals surface area contributed by atoms with Gasteiger partial charge in [-0.25, -0.2) is 0 Å². The summed E-state index contributed by atoms with van der Waals surface area (Å²) in [7, 11) is 0. The van der Waals surface area contributed by atoms with E-state index in [4.69, 9.17) is 4.74 Å². The molecule has 25 heavy (non-hydrogen) atoms. The molecule has 0 unspecified atom stereocenters. The summed E-state index contributed by atoms with van der Waals surface area (Å²) in [5, 5.41) is 7.57. The number of hydrogen-bond donors (Lipinski definition) is 1.